The van der Waals surface area contributed by atoms with Gasteiger partial charge in [-0.1, -0.05) is 0 Å². The van der Waals surface area contributed by atoms with Crippen molar-refractivity contribution in [3.63, 3.8) is 0 Å². The van der Waals surface area contributed by atoms with Crippen molar-refractivity contribution in [2.75, 3.05) is 30.3 Å². The fourth-order valence-corrected chi connectivity index (χ4v) is 2.03. The van der Waals surface area contributed by atoms with Crippen molar-refractivity contribution in [2.24, 2.45) is 5.92 Å². The molecule has 2 heterocycles. The summed E-state index contributed by atoms with van der Waals surface area (Å²) >= 11 is 0. The van der Waals surface area contributed by atoms with Gasteiger partial charge in [0.05, 0.1) is 11.3 Å². The molecule has 1 atom stereocenters. The summed E-state index contributed by atoms with van der Waals surface area (Å²) in [6, 6.07) is 1.41. The Balaban J connectivity index is 2.20. The number of nitrogen functional groups attached to an aromatic ring is 1. The van der Waals surface area contributed by atoms with Crippen molar-refractivity contribution < 1.29 is 15.0 Å². The van der Waals surface area contributed by atoms with Crippen molar-refractivity contribution in [1.29, 1.82) is 0 Å². The van der Waals surface area contributed by atoms with Crippen LogP contribution in [0.5, 0.6) is 0 Å². The van der Waals surface area contributed by atoms with Crippen LogP contribution in [0, 0.1) is 5.92 Å². The van der Waals surface area contributed by atoms with Crippen LogP contribution in [0.2, 0.25) is 0 Å². The number of carboxylic acid groups (broad SMARTS) is 1. The number of carbonyl (C=O) groups is 1. The Bertz CT molecular complexity index is 436. The SMILES string of the molecule is Nc1cc(C(=O)O)cnc1N1CCC(CO)C1. The monoisotopic (exact) mass is 237 g/mol. The Labute approximate surface area is 98.7 Å². The first kappa shape index (κ1) is 11.7. The molecule has 0 bridgehead atoms. The van der Waals surface area contributed by atoms with Gasteiger partial charge >= 0.3 is 5.97 Å². The van der Waals surface area contributed by atoms with E-state index in [0.29, 0.717) is 18.1 Å². The van der Waals surface area contributed by atoms with Crippen molar-refractivity contribution in [3.8, 4) is 0 Å². The van der Waals surface area contributed by atoms with Crippen molar-refractivity contribution in [2.45, 2.75) is 6.42 Å². The van der Waals surface area contributed by atoms with Gasteiger partial charge in [-0.25, -0.2) is 9.78 Å². The minimum Gasteiger partial charge on any atom is -0.478 e. The summed E-state index contributed by atoms with van der Waals surface area (Å²) in [5.41, 5.74) is 6.25. The molecule has 1 aliphatic heterocycles. The number of nitrogens with two attached hydrogens (primary N) is 1. The number of hydrogen-bond donors (Lipinski definition) is 3. The van der Waals surface area contributed by atoms with Gasteiger partial charge in [0.2, 0.25) is 0 Å². The minimum atomic E-state index is -1.04. The number of hydrogen-bond acceptors (Lipinski definition) is 5. The molecule has 92 valence electrons. The lowest BCUT2D eigenvalue weighted by Crippen LogP contribution is -2.23. The number of aromatic nitrogens is 1. The number of aromatic carboxylic acids is 1. The molecule has 0 aliphatic carbocycles. The van der Waals surface area contributed by atoms with Gasteiger partial charge < -0.3 is 20.8 Å². The van der Waals surface area contributed by atoms with E-state index in [0.717, 1.165) is 13.0 Å². The molecule has 0 spiro atoms. The third kappa shape index (κ3) is 2.31. The molecule has 0 radical (unpaired) electrons. The van der Waals surface area contributed by atoms with Gasteiger partial charge in [0.25, 0.3) is 0 Å². The van der Waals surface area contributed by atoms with E-state index in [-0.39, 0.29) is 18.1 Å². The lowest BCUT2D eigenvalue weighted by atomic mass is 10.1. The van der Waals surface area contributed by atoms with Gasteiger partial charge in [-0.2, -0.15) is 0 Å². The normalized spacial score (nSPS) is 19.6. The lowest BCUT2D eigenvalue weighted by Gasteiger charge is -2.19. The summed E-state index contributed by atoms with van der Waals surface area (Å²) in [5, 5.41) is 17.9. The Morgan fingerprint density at radius 3 is 2.94 bits per heavy atom. The van der Waals surface area contributed by atoms with Crippen LogP contribution < -0.4 is 10.6 Å². The summed E-state index contributed by atoms with van der Waals surface area (Å²) in [6.45, 7) is 1.65. The van der Waals surface area contributed by atoms with E-state index < -0.39 is 5.97 Å². The van der Waals surface area contributed by atoms with Gasteiger partial charge in [0.15, 0.2) is 5.82 Å². The standard InChI is InChI=1S/C11H15N3O3/c12-9-3-8(11(16)17)4-13-10(9)14-2-1-7(5-14)6-15/h3-4,7,15H,1-2,5-6,12H2,(H,16,17). The number of aliphatic hydroxyl groups excluding tert-OH is 1. The molecule has 6 nitrogen and oxygen atoms in total. The summed E-state index contributed by atoms with van der Waals surface area (Å²) in [4.78, 5) is 16.8. The van der Waals surface area contributed by atoms with E-state index in [9.17, 15) is 4.79 Å². The average molecular weight is 237 g/mol. The van der Waals surface area contributed by atoms with Gasteiger partial charge in [-0.15, -0.1) is 0 Å². The zero-order chi connectivity index (χ0) is 12.4. The second kappa shape index (κ2) is 4.58. The molecule has 1 unspecified atom stereocenters. The number of rotatable bonds is 3. The number of aliphatic hydroxyl groups is 1. The molecule has 1 saturated heterocycles. The van der Waals surface area contributed by atoms with Crippen molar-refractivity contribution in [1.82, 2.24) is 4.98 Å². The smallest absolute Gasteiger partial charge is 0.337 e. The molecular formula is C11H15N3O3. The number of nitrogens with zero attached hydrogens (tertiary/aromatic N) is 2. The van der Waals surface area contributed by atoms with E-state index in [2.05, 4.69) is 4.98 Å². The maximum Gasteiger partial charge on any atom is 0.337 e. The van der Waals surface area contributed by atoms with E-state index in [1.165, 1.54) is 12.3 Å². The Hall–Kier alpha value is -1.82. The van der Waals surface area contributed by atoms with Crippen LogP contribution in [-0.4, -0.2) is 40.9 Å². The minimum absolute atomic E-state index is 0.0872. The van der Waals surface area contributed by atoms with Crippen LogP contribution in [-0.2, 0) is 0 Å². The van der Waals surface area contributed by atoms with Crippen LogP contribution in [0.15, 0.2) is 12.3 Å². The second-order valence-corrected chi connectivity index (χ2v) is 4.23. The number of carboxylic acids is 1. The molecule has 1 aromatic heterocycles. The average Bonchev–Trinajstić information content (AvgIpc) is 2.77. The molecule has 0 amide bonds. The molecule has 0 aromatic carbocycles. The van der Waals surface area contributed by atoms with Crippen LogP contribution in [0.3, 0.4) is 0 Å². The molecular weight excluding hydrogens is 222 g/mol. The van der Waals surface area contributed by atoms with E-state index >= 15 is 0 Å². The first-order chi connectivity index (χ1) is 8.11. The molecule has 17 heavy (non-hydrogen) atoms. The largest absolute Gasteiger partial charge is 0.478 e. The summed E-state index contributed by atoms with van der Waals surface area (Å²) < 4.78 is 0. The van der Waals surface area contributed by atoms with Crippen LogP contribution in [0.25, 0.3) is 0 Å². The first-order valence-corrected chi connectivity index (χ1v) is 5.46. The van der Waals surface area contributed by atoms with Crippen LogP contribution >= 0.6 is 0 Å². The summed E-state index contributed by atoms with van der Waals surface area (Å²) in [5.74, 6) is -0.188. The summed E-state index contributed by atoms with van der Waals surface area (Å²) in [6.07, 6.45) is 2.21. The Morgan fingerprint density at radius 2 is 2.41 bits per heavy atom. The maximum atomic E-state index is 10.7. The molecule has 1 fully saturated rings. The third-order valence-electron chi connectivity index (χ3n) is 2.99. The fourth-order valence-electron chi connectivity index (χ4n) is 2.03. The van der Waals surface area contributed by atoms with Crippen LogP contribution in [0.1, 0.15) is 16.8 Å². The third-order valence-corrected chi connectivity index (χ3v) is 2.99. The molecule has 1 aliphatic rings. The zero-order valence-electron chi connectivity index (χ0n) is 9.33. The fraction of sp³-hybridized carbons (Fsp3) is 0.455. The molecule has 2 rings (SSSR count). The lowest BCUT2D eigenvalue weighted by molar-refractivity contribution is 0.0696. The highest BCUT2D eigenvalue weighted by Gasteiger charge is 2.24. The second-order valence-electron chi connectivity index (χ2n) is 4.23. The predicted molar refractivity (Wildman–Crippen MR) is 63.0 cm³/mol. The topological polar surface area (TPSA) is 99.7 Å². The van der Waals surface area contributed by atoms with E-state index in [4.69, 9.17) is 15.9 Å². The molecule has 6 heteroatoms. The zero-order valence-corrected chi connectivity index (χ0v) is 9.33. The summed E-state index contributed by atoms with van der Waals surface area (Å²) in [7, 11) is 0. The number of pyridine rings is 1. The predicted octanol–water partition coefficient (Wildman–Crippen LogP) is 0.181. The van der Waals surface area contributed by atoms with Gasteiger partial charge in [0.1, 0.15) is 0 Å². The van der Waals surface area contributed by atoms with Crippen molar-refractivity contribution >= 4 is 17.5 Å². The molecule has 1 aromatic rings. The maximum absolute atomic E-state index is 10.7. The van der Waals surface area contributed by atoms with Gasteiger partial charge in [-0.05, 0) is 12.5 Å². The highest BCUT2D eigenvalue weighted by molar-refractivity contribution is 5.89. The molecule has 4 N–H and O–H groups in total. The van der Waals surface area contributed by atoms with Crippen molar-refractivity contribution in [3.05, 3.63) is 17.8 Å². The quantitative estimate of drug-likeness (QED) is 0.693. The highest BCUT2D eigenvalue weighted by atomic mass is 16.4. The van der Waals surface area contributed by atoms with E-state index in [1.54, 1.807) is 0 Å². The Morgan fingerprint density at radius 1 is 1.65 bits per heavy atom. The van der Waals surface area contributed by atoms with Gasteiger partial charge in [0, 0.05) is 31.8 Å². The first-order valence-electron chi connectivity index (χ1n) is 5.46. The van der Waals surface area contributed by atoms with Gasteiger partial charge in [-0.3, -0.25) is 0 Å². The number of anilines is 2. The molecule has 0 saturated carbocycles. The Kier molecular flexibility index (Phi) is 3.14. The highest BCUT2D eigenvalue weighted by Crippen LogP contribution is 2.27. The van der Waals surface area contributed by atoms with Crippen LogP contribution in [0.4, 0.5) is 11.5 Å². The van der Waals surface area contributed by atoms with E-state index in [1.807, 2.05) is 4.90 Å².